The van der Waals surface area contributed by atoms with Crippen molar-refractivity contribution in [2.24, 2.45) is 5.73 Å². The van der Waals surface area contributed by atoms with Gasteiger partial charge in [0.25, 0.3) is 0 Å². The first-order valence-electron chi connectivity index (χ1n) is 5.50. The molecule has 1 aromatic rings. The lowest BCUT2D eigenvalue weighted by molar-refractivity contribution is -0.116. The number of carbonyl (C=O) groups is 1. The van der Waals surface area contributed by atoms with E-state index in [9.17, 15) is 9.18 Å². The number of anilines is 1. The van der Waals surface area contributed by atoms with E-state index in [-0.39, 0.29) is 11.7 Å². The van der Waals surface area contributed by atoms with Gasteiger partial charge in [-0.2, -0.15) is 0 Å². The molecule has 1 rings (SSSR count). The summed E-state index contributed by atoms with van der Waals surface area (Å²) in [6.07, 6.45) is 1.98. The van der Waals surface area contributed by atoms with Crippen molar-refractivity contribution in [3.05, 3.63) is 28.0 Å². The number of aryl methyl sites for hydroxylation is 1. The average molecular weight is 303 g/mol. The van der Waals surface area contributed by atoms with Crippen LogP contribution in [-0.2, 0) is 4.79 Å². The Hall–Kier alpha value is -0.940. The molecule has 0 saturated carbocycles. The highest BCUT2D eigenvalue weighted by molar-refractivity contribution is 9.10. The van der Waals surface area contributed by atoms with Crippen LogP contribution in [0.2, 0.25) is 0 Å². The molecular weight excluding hydrogens is 287 g/mol. The summed E-state index contributed by atoms with van der Waals surface area (Å²) in [6, 6.07) is 2.96. The third kappa shape index (κ3) is 4.44. The van der Waals surface area contributed by atoms with E-state index in [4.69, 9.17) is 5.73 Å². The number of amides is 1. The number of unbranched alkanes of at least 4 members (excludes halogenated alkanes) is 1. The number of benzene rings is 1. The molecule has 0 radical (unpaired) electrons. The molecule has 0 saturated heterocycles. The van der Waals surface area contributed by atoms with Gasteiger partial charge in [0.1, 0.15) is 5.82 Å². The standard InChI is InChI=1S/C12H16BrFN2O/c1-8-6-9(13)10(14)7-11(8)16-12(17)4-2-3-5-15/h6-7H,2-5,15H2,1H3,(H,16,17). The molecule has 94 valence electrons. The van der Waals surface area contributed by atoms with E-state index in [1.807, 2.05) is 6.92 Å². The van der Waals surface area contributed by atoms with Crippen molar-refractivity contribution >= 4 is 27.5 Å². The van der Waals surface area contributed by atoms with E-state index in [1.54, 1.807) is 6.07 Å². The fourth-order valence-electron chi connectivity index (χ4n) is 1.42. The van der Waals surface area contributed by atoms with Gasteiger partial charge in [-0.25, -0.2) is 4.39 Å². The van der Waals surface area contributed by atoms with Crippen LogP contribution in [0.15, 0.2) is 16.6 Å². The fourth-order valence-corrected chi connectivity index (χ4v) is 1.88. The smallest absolute Gasteiger partial charge is 0.224 e. The summed E-state index contributed by atoms with van der Waals surface area (Å²) in [5.41, 5.74) is 6.68. The van der Waals surface area contributed by atoms with Gasteiger partial charge in [0.15, 0.2) is 0 Å². The minimum atomic E-state index is -0.382. The van der Waals surface area contributed by atoms with Gasteiger partial charge in [-0.15, -0.1) is 0 Å². The van der Waals surface area contributed by atoms with Gasteiger partial charge >= 0.3 is 0 Å². The molecule has 0 spiro atoms. The van der Waals surface area contributed by atoms with Crippen LogP contribution in [-0.4, -0.2) is 12.5 Å². The van der Waals surface area contributed by atoms with Crippen molar-refractivity contribution in [1.29, 1.82) is 0 Å². The predicted molar refractivity (Wildman–Crippen MR) is 70.4 cm³/mol. The molecule has 3 nitrogen and oxygen atoms in total. The number of halogens is 2. The van der Waals surface area contributed by atoms with Crippen LogP contribution in [0.4, 0.5) is 10.1 Å². The summed E-state index contributed by atoms with van der Waals surface area (Å²) >= 11 is 3.10. The molecule has 17 heavy (non-hydrogen) atoms. The number of rotatable bonds is 5. The second kappa shape index (κ2) is 6.71. The molecule has 0 atom stereocenters. The lowest BCUT2D eigenvalue weighted by Gasteiger charge is -2.09. The van der Waals surface area contributed by atoms with E-state index in [2.05, 4.69) is 21.2 Å². The maximum absolute atomic E-state index is 13.3. The highest BCUT2D eigenvalue weighted by Crippen LogP contribution is 2.24. The highest BCUT2D eigenvalue weighted by atomic mass is 79.9. The quantitative estimate of drug-likeness (QED) is 0.822. The lowest BCUT2D eigenvalue weighted by Crippen LogP contribution is -2.13. The van der Waals surface area contributed by atoms with Gasteiger partial charge in [-0.3, -0.25) is 4.79 Å². The van der Waals surface area contributed by atoms with Crippen molar-refractivity contribution in [3.8, 4) is 0 Å². The first-order valence-corrected chi connectivity index (χ1v) is 6.29. The largest absolute Gasteiger partial charge is 0.330 e. The number of nitrogens with two attached hydrogens (primary N) is 1. The van der Waals surface area contributed by atoms with Crippen molar-refractivity contribution in [1.82, 2.24) is 0 Å². The Kier molecular flexibility index (Phi) is 5.58. The summed E-state index contributed by atoms with van der Waals surface area (Å²) in [4.78, 5) is 11.5. The van der Waals surface area contributed by atoms with Gasteiger partial charge < -0.3 is 11.1 Å². The molecule has 0 aliphatic heterocycles. The Balaban J connectivity index is 2.62. The van der Waals surface area contributed by atoms with Gasteiger partial charge in [-0.05, 0) is 59.9 Å². The van der Waals surface area contributed by atoms with E-state index in [0.717, 1.165) is 18.4 Å². The zero-order valence-corrected chi connectivity index (χ0v) is 11.3. The van der Waals surface area contributed by atoms with E-state index >= 15 is 0 Å². The Morgan fingerprint density at radius 3 is 2.82 bits per heavy atom. The van der Waals surface area contributed by atoms with Crippen LogP contribution in [0.5, 0.6) is 0 Å². The van der Waals surface area contributed by atoms with Crippen LogP contribution in [0.1, 0.15) is 24.8 Å². The Bertz CT molecular complexity index is 410. The Labute approximate surface area is 109 Å². The second-order valence-corrected chi connectivity index (χ2v) is 4.73. The number of hydrogen-bond donors (Lipinski definition) is 2. The first kappa shape index (κ1) is 14.1. The van der Waals surface area contributed by atoms with Crippen LogP contribution in [0.3, 0.4) is 0 Å². The number of hydrogen-bond acceptors (Lipinski definition) is 2. The Morgan fingerprint density at radius 2 is 2.18 bits per heavy atom. The maximum atomic E-state index is 13.3. The minimum Gasteiger partial charge on any atom is -0.330 e. The highest BCUT2D eigenvalue weighted by Gasteiger charge is 2.08. The van der Waals surface area contributed by atoms with Crippen LogP contribution in [0, 0.1) is 12.7 Å². The van der Waals surface area contributed by atoms with Crippen molar-refractivity contribution in [3.63, 3.8) is 0 Å². The summed E-state index contributed by atoms with van der Waals surface area (Å²) < 4.78 is 13.7. The molecule has 0 heterocycles. The van der Waals surface area contributed by atoms with E-state index in [1.165, 1.54) is 6.07 Å². The summed E-state index contributed by atoms with van der Waals surface area (Å²) in [5.74, 6) is -0.490. The van der Waals surface area contributed by atoms with E-state index in [0.29, 0.717) is 23.1 Å². The lowest BCUT2D eigenvalue weighted by atomic mass is 10.2. The molecule has 0 fully saturated rings. The number of carbonyl (C=O) groups excluding carboxylic acids is 1. The van der Waals surface area contributed by atoms with Crippen LogP contribution >= 0.6 is 15.9 Å². The second-order valence-electron chi connectivity index (χ2n) is 3.88. The maximum Gasteiger partial charge on any atom is 0.224 e. The number of nitrogens with one attached hydrogen (secondary N) is 1. The molecule has 3 N–H and O–H groups in total. The molecule has 0 aromatic heterocycles. The topological polar surface area (TPSA) is 55.1 Å². The molecule has 5 heteroatoms. The third-order valence-corrected chi connectivity index (χ3v) is 3.01. The molecule has 0 unspecified atom stereocenters. The normalized spacial score (nSPS) is 10.4. The summed E-state index contributed by atoms with van der Waals surface area (Å²) in [7, 11) is 0. The van der Waals surface area contributed by atoms with Crippen LogP contribution in [0.25, 0.3) is 0 Å². The SMILES string of the molecule is Cc1cc(Br)c(F)cc1NC(=O)CCCCN. The predicted octanol–water partition coefficient (Wildman–Crippen LogP) is 2.96. The van der Waals surface area contributed by atoms with Gasteiger partial charge in [0.2, 0.25) is 5.91 Å². The zero-order valence-electron chi connectivity index (χ0n) is 9.72. The van der Waals surface area contributed by atoms with Crippen molar-refractivity contribution < 1.29 is 9.18 Å². The summed E-state index contributed by atoms with van der Waals surface area (Å²) in [5, 5.41) is 2.70. The summed E-state index contributed by atoms with van der Waals surface area (Å²) in [6.45, 7) is 2.40. The van der Waals surface area contributed by atoms with Gasteiger partial charge in [-0.1, -0.05) is 0 Å². The van der Waals surface area contributed by atoms with E-state index < -0.39 is 0 Å². The monoisotopic (exact) mass is 302 g/mol. The van der Waals surface area contributed by atoms with Crippen molar-refractivity contribution in [2.75, 3.05) is 11.9 Å². The molecular formula is C12H16BrFN2O. The fraction of sp³-hybridized carbons (Fsp3) is 0.417. The van der Waals surface area contributed by atoms with Crippen LogP contribution < -0.4 is 11.1 Å². The van der Waals surface area contributed by atoms with Crippen molar-refractivity contribution in [2.45, 2.75) is 26.2 Å². The molecule has 0 bridgehead atoms. The Morgan fingerprint density at radius 1 is 1.47 bits per heavy atom. The van der Waals surface area contributed by atoms with Gasteiger partial charge in [0.05, 0.1) is 4.47 Å². The van der Waals surface area contributed by atoms with Gasteiger partial charge in [0, 0.05) is 12.1 Å². The molecule has 0 aliphatic rings. The average Bonchev–Trinajstić information content (AvgIpc) is 2.26. The molecule has 1 amide bonds. The zero-order chi connectivity index (χ0) is 12.8. The first-order chi connectivity index (χ1) is 8.04. The third-order valence-electron chi connectivity index (χ3n) is 2.40. The minimum absolute atomic E-state index is 0.108. The molecule has 1 aromatic carbocycles. The molecule has 0 aliphatic carbocycles.